The van der Waals surface area contributed by atoms with E-state index >= 15 is 0 Å². The number of thiazole rings is 1. The lowest BCUT2D eigenvalue weighted by Gasteiger charge is -2.61. The molecule has 20 nitrogen and oxygen atoms in total. The van der Waals surface area contributed by atoms with Gasteiger partial charge in [-0.1, -0.05) is 170 Å². The fourth-order valence-electron chi connectivity index (χ4n) is 20.9. The Balaban J connectivity index is 0.000000191. The summed E-state index contributed by atoms with van der Waals surface area (Å²) in [5.41, 5.74) is 19.1. The van der Waals surface area contributed by atoms with Crippen molar-refractivity contribution in [1.82, 2.24) is 80.2 Å². The lowest BCUT2D eigenvalue weighted by Crippen LogP contribution is -2.74. The van der Waals surface area contributed by atoms with Gasteiger partial charge in [-0.3, -0.25) is 49.2 Å². The number of nitrogens with two attached hydrogens (primary N) is 1. The van der Waals surface area contributed by atoms with Gasteiger partial charge in [0.25, 0.3) is 0 Å². The van der Waals surface area contributed by atoms with Crippen LogP contribution in [-0.2, 0) is 48.1 Å². The topological polar surface area (TPSA) is 232 Å². The Kier molecular flexibility index (Phi) is 42.3. The van der Waals surface area contributed by atoms with Crippen molar-refractivity contribution in [3.8, 4) is 0 Å². The van der Waals surface area contributed by atoms with Crippen LogP contribution >= 0.6 is 11.3 Å². The third-order valence-corrected chi connectivity index (χ3v) is 28.2. The number of benzene rings is 2. The van der Waals surface area contributed by atoms with Crippen LogP contribution in [0.5, 0.6) is 0 Å². The summed E-state index contributed by atoms with van der Waals surface area (Å²) in [5, 5.41) is 15.9. The predicted octanol–water partition coefficient (Wildman–Crippen LogP) is 21.8. The molecule has 10 aliphatic rings. The maximum Gasteiger partial charge on any atom is 0.248 e. The lowest BCUT2D eigenvalue weighted by atomic mass is 9.78. The molecule has 133 heavy (non-hydrogen) atoms. The molecular formula is C108H165F4N17O3S. The number of halogens is 4. The van der Waals surface area contributed by atoms with Crippen LogP contribution in [0.3, 0.4) is 0 Å². The standard InChI is InChI=1S/2C37H53F2N5O.C9H14N2.C8H13NO.C8H13NS.C7H13N3.C2H6/c1-40-19-5-6-21-43(33-13-7-11-29-12-8-20-41-36(29)33)26-32-34-24-31(25-42-32)44(34)22-16-30(27-9-3-2-4-10-27)23-35(45)28-14-17-37(38,39)18-15-28;1-42-25-31-24-33(34(42)26-43(21-6-5-19-40)32-13-7-11-29-12-8-20-41-36(29)32)44(31)22-16-30(27-9-3-2-4-10-27)23-35(45)28-14-17-37(38,39)18-15-28;1-9(2,3)7-8-10-5-4-6-11-8;2*1-8(2,3)4-7-5-10-6-9-7;1-7(2,3)4-6-8-5-9-10-6;1-2/h2-4,8-10,12,20,28,30-34,40,42H,5-7,11,13-19,21-26H2,1H3;2-4,8-10,12,20,28,30-34H,5-7,11,13-19,21-26,40H2,1H3;4-6H,7H2,1-3H3;2*5-6H,4H2,1-3H3;5H,4H2,1-3H3,(H,8,9,10);1-2H3/t30-,31?,32+,33+,34?;30-,31?,32+,33?,34+;;;;;/m11...../s1. The molecule has 2 saturated carbocycles. The van der Waals surface area contributed by atoms with E-state index in [0.717, 1.165) is 153 Å². The number of H-pyrrole nitrogens is 1. The molecule has 4 bridgehead atoms. The first-order valence-corrected chi connectivity index (χ1v) is 51.4. The molecule has 25 heteroatoms. The number of hydrogen-bond donors (Lipinski definition) is 4. The van der Waals surface area contributed by atoms with Crippen molar-refractivity contribution < 1.29 is 31.6 Å². The number of ketones is 2. The Hall–Kier alpha value is -7.46. The minimum Gasteiger partial charge on any atom is -0.451 e. The summed E-state index contributed by atoms with van der Waals surface area (Å²) in [6, 6.07) is 35.0. The largest absolute Gasteiger partial charge is 0.451 e. The van der Waals surface area contributed by atoms with Gasteiger partial charge in [0.15, 0.2) is 6.39 Å². The second-order valence-corrected chi connectivity index (χ2v) is 44.2. The number of nitrogens with one attached hydrogen (secondary N) is 3. The molecule has 0 radical (unpaired) electrons. The Morgan fingerprint density at radius 3 is 1.56 bits per heavy atom. The van der Waals surface area contributed by atoms with Crippen LogP contribution in [0.2, 0.25) is 0 Å². The van der Waals surface area contributed by atoms with Gasteiger partial charge < -0.3 is 20.8 Å². The van der Waals surface area contributed by atoms with Crippen LogP contribution in [0, 0.1) is 33.5 Å². The minimum atomic E-state index is -2.61. The summed E-state index contributed by atoms with van der Waals surface area (Å²) in [7, 11) is 4.33. The van der Waals surface area contributed by atoms with Crippen molar-refractivity contribution in [3.05, 3.63) is 202 Å². The fourth-order valence-corrected chi connectivity index (χ4v) is 21.4. The number of pyridine rings is 2. The van der Waals surface area contributed by atoms with Crippen molar-refractivity contribution in [2.75, 3.05) is 79.5 Å². The van der Waals surface area contributed by atoms with Gasteiger partial charge in [0.2, 0.25) is 11.8 Å². The van der Waals surface area contributed by atoms with Gasteiger partial charge in [-0.25, -0.2) is 42.5 Å². The number of aromatic nitrogens is 9. The van der Waals surface area contributed by atoms with Crippen molar-refractivity contribution in [3.63, 3.8) is 0 Å². The van der Waals surface area contributed by atoms with E-state index in [0.29, 0.717) is 103 Å². The molecule has 0 spiro atoms. The van der Waals surface area contributed by atoms with Crippen molar-refractivity contribution in [2.24, 2.45) is 39.2 Å². The second-order valence-electron chi connectivity index (χ2n) is 43.5. The molecular weight excluding hydrogens is 1690 g/mol. The zero-order valence-corrected chi connectivity index (χ0v) is 84.5. The first-order valence-electron chi connectivity index (χ1n) is 50.5. The summed E-state index contributed by atoms with van der Waals surface area (Å²) in [6.45, 7) is 40.3. The van der Waals surface area contributed by atoms with Crippen molar-refractivity contribution in [2.45, 2.75) is 349 Å². The molecule has 6 saturated heterocycles. The van der Waals surface area contributed by atoms with Crippen LogP contribution in [-0.4, -0.2) is 209 Å². The number of aromatic amines is 1. The lowest BCUT2D eigenvalue weighted by molar-refractivity contribution is -0.128. The van der Waals surface area contributed by atoms with Gasteiger partial charge in [0, 0.05) is 156 Å². The molecule has 4 aliphatic carbocycles. The van der Waals surface area contributed by atoms with Gasteiger partial charge in [-0.15, -0.1) is 11.3 Å². The number of oxazole rings is 1. The number of aryl methyl sites for hydroxylation is 2. The number of fused-ring (bicyclic) bond motifs is 6. The molecule has 8 aromatic rings. The number of piperidine rings is 2. The molecule has 5 N–H and O–H groups in total. The normalized spacial score (nSPS) is 22.2. The quantitative estimate of drug-likeness (QED) is 0.0221. The van der Waals surface area contributed by atoms with Gasteiger partial charge in [-0.2, -0.15) is 5.10 Å². The number of carbonyl (C=O) groups is 2. The summed E-state index contributed by atoms with van der Waals surface area (Å²) in [5.74, 6) is -3.15. The summed E-state index contributed by atoms with van der Waals surface area (Å²) in [6.07, 6.45) is 33.5. The molecule has 12 heterocycles. The molecule has 734 valence electrons. The highest BCUT2D eigenvalue weighted by Crippen LogP contribution is 2.45. The molecule has 2 aromatic carbocycles. The first-order chi connectivity index (χ1) is 63.6. The third kappa shape index (κ3) is 35.5. The van der Waals surface area contributed by atoms with E-state index in [1.807, 2.05) is 57.0 Å². The van der Waals surface area contributed by atoms with Crippen LogP contribution in [0.4, 0.5) is 17.6 Å². The number of piperazine rings is 2. The molecule has 8 fully saturated rings. The monoisotopic (exact) mass is 1860 g/mol. The van der Waals surface area contributed by atoms with Crippen LogP contribution in [0.25, 0.3) is 0 Å². The van der Waals surface area contributed by atoms with Gasteiger partial charge in [-0.05, 0) is 256 Å². The highest BCUT2D eigenvalue weighted by Gasteiger charge is 2.51. The third-order valence-electron chi connectivity index (χ3n) is 27.6. The van der Waals surface area contributed by atoms with Crippen LogP contribution in [0.1, 0.15) is 319 Å². The molecule has 4 unspecified atom stereocenters. The van der Waals surface area contributed by atoms with Crippen LogP contribution < -0.4 is 16.4 Å². The molecule has 6 aliphatic heterocycles. The van der Waals surface area contributed by atoms with Gasteiger partial charge in [0.1, 0.15) is 35.8 Å². The van der Waals surface area contributed by atoms with Gasteiger partial charge >= 0.3 is 0 Å². The average molecular weight is 1860 g/mol. The molecule has 10 atom stereocenters. The summed E-state index contributed by atoms with van der Waals surface area (Å²) < 4.78 is 60.0. The van der Waals surface area contributed by atoms with E-state index in [-0.39, 0.29) is 66.3 Å². The number of carbonyl (C=O) groups excluding carboxylic acids is 2. The van der Waals surface area contributed by atoms with Crippen molar-refractivity contribution in [1.29, 1.82) is 0 Å². The number of alkyl halides is 4. The summed E-state index contributed by atoms with van der Waals surface area (Å²) >= 11 is 1.67. The van der Waals surface area contributed by atoms with E-state index in [1.54, 1.807) is 36.3 Å². The fraction of sp³-hybridized carbons (Fsp3) is 0.667. The van der Waals surface area contributed by atoms with E-state index in [4.69, 9.17) is 20.1 Å². The predicted molar refractivity (Wildman–Crippen MR) is 532 cm³/mol. The maximum atomic E-state index is 13.8. The van der Waals surface area contributed by atoms with E-state index in [2.05, 4.69) is 239 Å². The smallest absolute Gasteiger partial charge is 0.248 e. The Labute approximate surface area is 799 Å². The number of Topliss-reactive ketones (excluding diaryl/α,β-unsaturated/α-hetero) is 2. The van der Waals surface area contributed by atoms with E-state index < -0.39 is 11.8 Å². The molecule has 0 amide bonds. The SMILES string of the molecule is CC.CC(C)(C)Cc1cocn1.CC(C)(C)Cc1cscn1.CC(C)(C)Cc1ncccn1.CC(C)(C)Cc1ncn[nH]1.CN1CC2CC([C@@H]1CN(CCCCN)[C@H]1CCCc3cccnc31)N2CC[C@H](CC(=O)C1CCC(F)(F)CC1)c1ccccc1.CNCCCCN(C[C@@H]1NCC2CC1N2CC[C@H](CC(=O)C1CCC(F)(F)CC1)c1ccccc1)[C@H]1CCCc2cccnc21. The number of nitrogens with zero attached hydrogens (tertiary/aromatic N) is 13. The number of unbranched alkanes of at least 4 members (excludes halogenated alkanes) is 2. The summed E-state index contributed by atoms with van der Waals surface area (Å²) in [4.78, 5) is 70.6. The maximum absolute atomic E-state index is 13.8. The van der Waals surface area contributed by atoms with Crippen LogP contribution in [0.15, 0.2) is 150 Å². The number of hydrogen-bond acceptors (Lipinski definition) is 20. The van der Waals surface area contributed by atoms with Gasteiger partial charge in [0.05, 0.1) is 40.4 Å². The molecule has 6 aromatic heterocycles. The Morgan fingerprint density at radius 1 is 0.579 bits per heavy atom. The first kappa shape index (κ1) is 108. The second kappa shape index (κ2) is 52.4. The molecule has 18 rings (SSSR count). The Bertz CT molecular complexity index is 4430. The van der Waals surface area contributed by atoms with E-state index in [9.17, 15) is 27.2 Å². The van der Waals surface area contributed by atoms with Crippen molar-refractivity contribution >= 4 is 22.9 Å². The highest BCUT2D eigenvalue weighted by molar-refractivity contribution is 7.07. The van der Waals surface area contributed by atoms with E-state index in [1.165, 1.54) is 90.7 Å². The number of rotatable bonds is 33. The highest BCUT2D eigenvalue weighted by atomic mass is 32.1. The Morgan fingerprint density at radius 2 is 1.08 bits per heavy atom. The average Bonchev–Trinajstić information content (AvgIpc) is 1.29. The zero-order chi connectivity index (χ0) is 95.8. The number of likely N-dealkylation sites (N-methyl/N-ethyl adjacent to an activating group) is 1. The zero-order valence-electron chi connectivity index (χ0n) is 83.7. The minimum absolute atomic E-state index is 0.121.